The average Bonchev–Trinajstić information content (AvgIpc) is 3.38. The highest BCUT2D eigenvalue weighted by Gasteiger charge is 2.16. The molecule has 3 nitrogen and oxygen atoms in total. The van der Waals surface area contributed by atoms with Gasteiger partial charge in [-0.25, -0.2) is 4.79 Å². The van der Waals surface area contributed by atoms with Crippen LogP contribution in [0.4, 0.5) is 4.79 Å². The minimum Gasteiger partial charge on any atom is -0.395 e. The highest BCUT2D eigenvalue weighted by atomic mass is 16.7. The lowest BCUT2D eigenvalue weighted by Crippen LogP contribution is -2.13. The Morgan fingerprint density at radius 2 is 0.576 bits per heavy atom. The summed E-state index contributed by atoms with van der Waals surface area (Å²) in [6, 6.07) is 88.0. The molecule has 10 rings (SSSR count). The molecule has 0 saturated heterocycles. The minimum absolute atomic E-state index is 0.403. The number of benzene rings is 10. The standard InChI is InChI=1S/C63H46O3/c64-63(65-57-39-35-49(36-40-57)47-27-31-53(32-28-47)61-55(43-45-15-5-1-6-16-45)23-13-25-59(61)51-19-9-3-10-20-51)66-58-41-37-50(38-42-58)48-29-33-54(34-30-48)62-56(44-46-17-7-2-8-18-46)24-14-26-60(62)52-21-11-4-12-22-52/h1-42H,43-44H2. The Bertz CT molecular complexity index is 2960. The smallest absolute Gasteiger partial charge is 0.395 e. The molecule has 0 amide bonds. The number of hydrogen-bond donors (Lipinski definition) is 0. The molecule has 0 aromatic heterocycles. The average molecular weight is 851 g/mol. The van der Waals surface area contributed by atoms with Crippen molar-refractivity contribution in [1.82, 2.24) is 0 Å². The zero-order valence-corrected chi connectivity index (χ0v) is 36.4. The maximum Gasteiger partial charge on any atom is 0.519 e. The van der Waals surface area contributed by atoms with E-state index >= 15 is 0 Å². The molecular formula is C63H46O3. The molecule has 0 aliphatic heterocycles. The lowest BCUT2D eigenvalue weighted by molar-refractivity contribution is 0.152. The topological polar surface area (TPSA) is 35.5 Å². The second-order valence-electron chi connectivity index (χ2n) is 16.4. The van der Waals surface area contributed by atoms with E-state index < -0.39 is 6.16 Å². The number of hydrogen-bond acceptors (Lipinski definition) is 3. The van der Waals surface area contributed by atoms with Crippen LogP contribution in [0.5, 0.6) is 11.5 Å². The van der Waals surface area contributed by atoms with Crippen LogP contribution in [0.3, 0.4) is 0 Å². The molecule has 10 aromatic carbocycles. The van der Waals surface area contributed by atoms with Crippen LogP contribution >= 0.6 is 0 Å². The fourth-order valence-corrected chi connectivity index (χ4v) is 8.83. The predicted octanol–water partition coefficient (Wildman–Crippen LogP) is 16.4. The van der Waals surface area contributed by atoms with E-state index in [2.05, 4.69) is 206 Å². The lowest BCUT2D eigenvalue weighted by atomic mass is 9.87. The summed E-state index contributed by atoms with van der Waals surface area (Å²) in [6.07, 6.45) is 0.882. The Hall–Kier alpha value is -8.53. The van der Waals surface area contributed by atoms with E-state index in [1.807, 2.05) is 24.3 Å². The van der Waals surface area contributed by atoms with E-state index in [0.29, 0.717) is 11.5 Å². The van der Waals surface area contributed by atoms with Gasteiger partial charge in [0.25, 0.3) is 0 Å². The second kappa shape index (κ2) is 19.5. The van der Waals surface area contributed by atoms with Crippen molar-refractivity contribution in [2.24, 2.45) is 0 Å². The highest BCUT2D eigenvalue weighted by molar-refractivity contribution is 5.88. The van der Waals surface area contributed by atoms with E-state index in [0.717, 1.165) is 46.2 Å². The lowest BCUT2D eigenvalue weighted by Gasteiger charge is -2.17. The quantitative estimate of drug-likeness (QED) is 0.0907. The molecule has 0 atom stereocenters. The van der Waals surface area contributed by atoms with Crippen LogP contribution in [0.2, 0.25) is 0 Å². The molecule has 0 saturated carbocycles. The summed E-state index contributed by atoms with van der Waals surface area (Å²) in [5.74, 6) is 0.806. The van der Waals surface area contributed by atoms with Gasteiger partial charge >= 0.3 is 6.16 Å². The van der Waals surface area contributed by atoms with Crippen molar-refractivity contribution in [3.8, 4) is 78.3 Å². The third-order valence-corrected chi connectivity index (χ3v) is 12.1. The van der Waals surface area contributed by atoms with E-state index in [1.165, 1.54) is 55.6 Å². The van der Waals surface area contributed by atoms with E-state index in [9.17, 15) is 4.79 Å². The van der Waals surface area contributed by atoms with Crippen molar-refractivity contribution in [2.45, 2.75) is 12.8 Å². The van der Waals surface area contributed by atoms with Crippen molar-refractivity contribution in [1.29, 1.82) is 0 Å². The summed E-state index contributed by atoms with van der Waals surface area (Å²) in [4.78, 5) is 12.9. The summed E-state index contributed by atoms with van der Waals surface area (Å²) in [6.45, 7) is 0. The van der Waals surface area contributed by atoms with Crippen molar-refractivity contribution in [2.75, 3.05) is 0 Å². The number of carbonyl (C=O) groups excluding carboxylic acids is 1. The predicted molar refractivity (Wildman–Crippen MR) is 271 cm³/mol. The Labute approximate surface area is 386 Å². The van der Waals surface area contributed by atoms with Crippen molar-refractivity contribution < 1.29 is 14.3 Å². The monoisotopic (exact) mass is 850 g/mol. The highest BCUT2D eigenvalue weighted by Crippen LogP contribution is 2.39. The SMILES string of the molecule is O=C(Oc1ccc(-c2ccc(-c3c(Cc4ccccc4)cccc3-c3ccccc3)cc2)cc1)Oc1ccc(-c2ccc(-c3c(Cc4ccccc4)cccc3-c3ccccc3)cc2)cc1. The molecule has 0 fully saturated rings. The van der Waals surface area contributed by atoms with Gasteiger partial charge in [0, 0.05) is 0 Å². The van der Waals surface area contributed by atoms with Crippen LogP contribution in [0.15, 0.2) is 255 Å². The molecule has 0 N–H and O–H groups in total. The molecule has 0 bridgehead atoms. The molecular weight excluding hydrogens is 805 g/mol. The molecule has 0 spiro atoms. The molecule has 316 valence electrons. The van der Waals surface area contributed by atoms with Crippen molar-refractivity contribution in [3.63, 3.8) is 0 Å². The third-order valence-electron chi connectivity index (χ3n) is 12.1. The van der Waals surface area contributed by atoms with Crippen LogP contribution in [-0.2, 0) is 12.8 Å². The summed E-state index contributed by atoms with van der Waals surface area (Å²) in [7, 11) is 0. The van der Waals surface area contributed by atoms with Gasteiger partial charge in [-0.1, -0.05) is 231 Å². The minimum atomic E-state index is -0.795. The van der Waals surface area contributed by atoms with Gasteiger partial charge in [0.05, 0.1) is 0 Å². The first-order valence-electron chi connectivity index (χ1n) is 22.4. The number of rotatable bonds is 12. The zero-order chi connectivity index (χ0) is 44.5. The largest absolute Gasteiger partial charge is 0.519 e. The Morgan fingerprint density at radius 1 is 0.273 bits per heavy atom. The van der Waals surface area contributed by atoms with Crippen LogP contribution in [-0.4, -0.2) is 6.16 Å². The first-order valence-corrected chi connectivity index (χ1v) is 22.4. The molecule has 0 unspecified atom stereocenters. The van der Waals surface area contributed by atoms with Crippen molar-refractivity contribution >= 4 is 6.16 Å². The maximum absolute atomic E-state index is 12.9. The Kier molecular flexibility index (Phi) is 12.2. The van der Waals surface area contributed by atoms with Gasteiger partial charge in [-0.05, 0) is 126 Å². The van der Waals surface area contributed by atoms with Gasteiger partial charge in [-0.3, -0.25) is 0 Å². The first-order chi connectivity index (χ1) is 32.6. The van der Waals surface area contributed by atoms with Gasteiger partial charge in [0.15, 0.2) is 0 Å². The van der Waals surface area contributed by atoms with Crippen LogP contribution in [0, 0.1) is 0 Å². The van der Waals surface area contributed by atoms with E-state index in [1.54, 1.807) is 24.3 Å². The molecule has 10 aromatic rings. The molecule has 0 heterocycles. The molecule has 0 radical (unpaired) electrons. The number of carbonyl (C=O) groups is 1. The summed E-state index contributed by atoms with van der Waals surface area (Å²) in [5.41, 5.74) is 18.8. The maximum atomic E-state index is 12.9. The van der Waals surface area contributed by atoms with E-state index in [4.69, 9.17) is 9.47 Å². The summed E-state index contributed by atoms with van der Waals surface area (Å²) in [5, 5.41) is 0. The fraction of sp³-hybridized carbons (Fsp3) is 0.0317. The Morgan fingerprint density at radius 3 is 0.924 bits per heavy atom. The second-order valence-corrected chi connectivity index (χ2v) is 16.4. The van der Waals surface area contributed by atoms with Crippen molar-refractivity contribution in [3.05, 3.63) is 277 Å². The summed E-state index contributed by atoms with van der Waals surface area (Å²) >= 11 is 0. The normalized spacial score (nSPS) is 10.9. The van der Waals surface area contributed by atoms with Gasteiger partial charge in [-0.2, -0.15) is 0 Å². The van der Waals surface area contributed by atoms with Gasteiger partial charge in [0.1, 0.15) is 11.5 Å². The zero-order valence-electron chi connectivity index (χ0n) is 36.4. The van der Waals surface area contributed by atoms with Crippen LogP contribution < -0.4 is 9.47 Å². The van der Waals surface area contributed by atoms with Crippen LogP contribution in [0.1, 0.15) is 22.3 Å². The number of ether oxygens (including phenoxy) is 2. The molecule has 0 aliphatic rings. The molecule has 66 heavy (non-hydrogen) atoms. The fourth-order valence-electron chi connectivity index (χ4n) is 8.83. The summed E-state index contributed by atoms with van der Waals surface area (Å²) < 4.78 is 11.2. The Balaban J connectivity index is 0.804. The van der Waals surface area contributed by atoms with E-state index in [-0.39, 0.29) is 0 Å². The first kappa shape index (κ1) is 41.5. The molecule has 3 heteroatoms. The van der Waals surface area contributed by atoms with Gasteiger partial charge in [-0.15, -0.1) is 0 Å². The van der Waals surface area contributed by atoms with Crippen LogP contribution in [0.25, 0.3) is 66.8 Å². The van der Waals surface area contributed by atoms with Gasteiger partial charge < -0.3 is 9.47 Å². The molecule has 0 aliphatic carbocycles. The van der Waals surface area contributed by atoms with Gasteiger partial charge in [0.2, 0.25) is 0 Å². The third kappa shape index (κ3) is 9.52.